The van der Waals surface area contributed by atoms with Gasteiger partial charge in [-0.25, -0.2) is 0 Å². The first-order valence-corrected chi connectivity index (χ1v) is 3.92. The van der Waals surface area contributed by atoms with Gasteiger partial charge >= 0.3 is 11.9 Å². The molecule has 0 unspecified atom stereocenters. The van der Waals surface area contributed by atoms with Crippen LogP contribution in [-0.2, 0) is 19.1 Å². The van der Waals surface area contributed by atoms with Crippen molar-refractivity contribution in [3.05, 3.63) is 12.7 Å². The van der Waals surface area contributed by atoms with Crippen LogP contribution in [0.5, 0.6) is 0 Å². The highest BCUT2D eigenvalue weighted by Gasteiger charge is 2.06. The van der Waals surface area contributed by atoms with Crippen LogP contribution in [0.25, 0.3) is 0 Å². The lowest BCUT2D eigenvalue weighted by molar-refractivity contribution is -0.158. The van der Waals surface area contributed by atoms with Crippen LogP contribution in [0.1, 0.15) is 26.2 Å². The van der Waals surface area contributed by atoms with E-state index in [0.29, 0.717) is 6.42 Å². The number of allylic oxidation sites excluding steroid dienone is 1. The van der Waals surface area contributed by atoms with Gasteiger partial charge in [-0.05, 0) is 12.5 Å². The minimum Gasteiger partial charge on any atom is -0.393 e. The van der Waals surface area contributed by atoms with Crippen molar-refractivity contribution in [2.45, 2.75) is 26.2 Å². The van der Waals surface area contributed by atoms with E-state index in [9.17, 15) is 14.4 Å². The molecule has 0 saturated heterocycles. The predicted molar refractivity (Wildman–Crippen MR) is 45.8 cm³/mol. The van der Waals surface area contributed by atoms with Gasteiger partial charge in [-0.15, -0.1) is 0 Å². The molecule has 0 amide bonds. The third-order valence-corrected chi connectivity index (χ3v) is 1.29. The van der Waals surface area contributed by atoms with E-state index >= 15 is 0 Å². The number of hydrogen-bond acceptors (Lipinski definition) is 4. The smallest absolute Gasteiger partial charge is 0.313 e. The SMILES string of the molecule is C=CC(=O)CCCC(=O)OC(C)=O. The molecule has 13 heavy (non-hydrogen) atoms. The monoisotopic (exact) mass is 184 g/mol. The lowest BCUT2D eigenvalue weighted by Gasteiger charge is -1.97. The first-order chi connectivity index (χ1) is 6.06. The minimum atomic E-state index is -0.625. The third kappa shape index (κ3) is 6.93. The second-order valence-electron chi connectivity index (χ2n) is 2.49. The van der Waals surface area contributed by atoms with Crippen molar-refractivity contribution in [3.8, 4) is 0 Å². The maximum Gasteiger partial charge on any atom is 0.313 e. The largest absolute Gasteiger partial charge is 0.393 e. The average Bonchev–Trinajstić information content (AvgIpc) is 2.02. The van der Waals surface area contributed by atoms with Gasteiger partial charge in [-0.1, -0.05) is 6.58 Å². The molecule has 0 fully saturated rings. The summed E-state index contributed by atoms with van der Waals surface area (Å²) in [5.41, 5.74) is 0. The molecule has 0 aliphatic carbocycles. The number of carbonyl (C=O) groups excluding carboxylic acids is 3. The van der Waals surface area contributed by atoms with Crippen molar-refractivity contribution in [1.29, 1.82) is 0 Å². The second-order valence-corrected chi connectivity index (χ2v) is 2.49. The van der Waals surface area contributed by atoms with Crippen molar-refractivity contribution in [3.63, 3.8) is 0 Å². The van der Waals surface area contributed by atoms with Gasteiger partial charge in [-0.2, -0.15) is 0 Å². The number of ketones is 1. The Morgan fingerprint density at radius 1 is 1.31 bits per heavy atom. The fraction of sp³-hybridized carbons (Fsp3) is 0.444. The maximum atomic E-state index is 10.7. The quantitative estimate of drug-likeness (QED) is 0.363. The zero-order valence-electron chi connectivity index (χ0n) is 7.54. The molecule has 0 atom stereocenters. The molecule has 4 heteroatoms. The summed E-state index contributed by atoms with van der Waals surface area (Å²) in [5, 5.41) is 0. The van der Waals surface area contributed by atoms with Crippen LogP contribution in [0.2, 0.25) is 0 Å². The molecule has 0 aromatic carbocycles. The van der Waals surface area contributed by atoms with Crippen molar-refractivity contribution < 1.29 is 19.1 Å². The highest BCUT2D eigenvalue weighted by molar-refractivity contribution is 5.89. The molecule has 0 rings (SSSR count). The molecule has 4 nitrogen and oxygen atoms in total. The fourth-order valence-electron chi connectivity index (χ4n) is 0.720. The predicted octanol–water partition coefficient (Wildman–Crippen LogP) is 1.00. The number of carbonyl (C=O) groups is 3. The van der Waals surface area contributed by atoms with Crippen molar-refractivity contribution in [1.82, 2.24) is 0 Å². The molecule has 0 saturated carbocycles. The Hall–Kier alpha value is -1.45. The zero-order valence-corrected chi connectivity index (χ0v) is 7.54. The van der Waals surface area contributed by atoms with E-state index in [0.717, 1.165) is 6.92 Å². The van der Waals surface area contributed by atoms with Crippen LogP contribution in [0.4, 0.5) is 0 Å². The summed E-state index contributed by atoms with van der Waals surface area (Å²) < 4.78 is 4.25. The van der Waals surface area contributed by atoms with Crippen LogP contribution < -0.4 is 0 Å². The summed E-state index contributed by atoms with van der Waals surface area (Å²) in [6.07, 6.45) is 1.93. The third-order valence-electron chi connectivity index (χ3n) is 1.29. The van der Waals surface area contributed by atoms with Crippen LogP contribution in [0, 0.1) is 0 Å². The van der Waals surface area contributed by atoms with Gasteiger partial charge in [0.05, 0.1) is 0 Å². The van der Waals surface area contributed by atoms with Crippen LogP contribution in [0.3, 0.4) is 0 Å². The molecule has 0 heterocycles. The first kappa shape index (κ1) is 11.6. The van der Waals surface area contributed by atoms with Crippen molar-refractivity contribution >= 4 is 17.7 Å². The number of ether oxygens (including phenoxy) is 1. The lowest BCUT2D eigenvalue weighted by Crippen LogP contribution is -2.09. The summed E-state index contributed by atoms with van der Waals surface area (Å²) in [6.45, 7) is 4.45. The van der Waals surface area contributed by atoms with E-state index in [1.54, 1.807) is 0 Å². The fourth-order valence-corrected chi connectivity index (χ4v) is 0.720. The first-order valence-electron chi connectivity index (χ1n) is 3.92. The van der Waals surface area contributed by atoms with E-state index in [-0.39, 0.29) is 18.6 Å². The Labute approximate surface area is 76.6 Å². The Bertz CT molecular complexity index is 230. The summed E-state index contributed by atoms with van der Waals surface area (Å²) in [4.78, 5) is 31.7. The summed E-state index contributed by atoms with van der Waals surface area (Å²) in [6, 6.07) is 0. The molecule has 0 bridgehead atoms. The highest BCUT2D eigenvalue weighted by atomic mass is 16.6. The summed E-state index contributed by atoms with van der Waals surface area (Å²) in [5.74, 6) is -1.33. The topological polar surface area (TPSA) is 60.4 Å². The van der Waals surface area contributed by atoms with E-state index in [1.807, 2.05) is 0 Å². The summed E-state index contributed by atoms with van der Waals surface area (Å²) >= 11 is 0. The van der Waals surface area contributed by atoms with Gasteiger partial charge in [0.25, 0.3) is 0 Å². The van der Waals surface area contributed by atoms with Gasteiger partial charge < -0.3 is 4.74 Å². The Kier molecular flexibility index (Phi) is 5.43. The molecule has 72 valence electrons. The number of hydrogen-bond donors (Lipinski definition) is 0. The van der Waals surface area contributed by atoms with E-state index in [1.165, 1.54) is 6.08 Å². The van der Waals surface area contributed by atoms with Crippen LogP contribution in [0.15, 0.2) is 12.7 Å². The molecule has 0 aliphatic heterocycles. The molecule has 0 radical (unpaired) electrons. The van der Waals surface area contributed by atoms with Crippen LogP contribution >= 0.6 is 0 Å². The molecule has 0 aliphatic rings. The molecular formula is C9H12O4. The van der Waals surface area contributed by atoms with E-state index < -0.39 is 11.9 Å². The molecule has 0 aromatic heterocycles. The van der Waals surface area contributed by atoms with Gasteiger partial charge in [0.1, 0.15) is 0 Å². The molecular weight excluding hydrogens is 172 g/mol. The van der Waals surface area contributed by atoms with E-state index in [4.69, 9.17) is 0 Å². The second kappa shape index (κ2) is 6.11. The Morgan fingerprint density at radius 3 is 2.38 bits per heavy atom. The maximum absolute atomic E-state index is 10.7. The molecule has 0 spiro atoms. The summed E-state index contributed by atoms with van der Waals surface area (Å²) in [7, 11) is 0. The zero-order chi connectivity index (χ0) is 10.3. The molecule has 0 aromatic rings. The van der Waals surface area contributed by atoms with Gasteiger partial charge in [0.15, 0.2) is 5.78 Å². The average molecular weight is 184 g/mol. The standard InChI is InChI=1S/C9H12O4/c1-3-8(11)5-4-6-9(12)13-7(2)10/h3H,1,4-6H2,2H3. The number of rotatable bonds is 5. The van der Waals surface area contributed by atoms with Crippen LogP contribution in [-0.4, -0.2) is 17.7 Å². The van der Waals surface area contributed by atoms with Gasteiger partial charge in [0.2, 0.25) is 0 Å². The van der Waals surface area contributed by atoms with Crippen molar-refractivity contribution in [2.24, 2.45) is 0 Å². The van der Waals surface area contributed by atoms with E-state index in [2.05, 4.69) is 11.3 Å². The Balaban J connectivity index is 3.53. The number of esters is 2. The molecule has 0 N–H and O–H groups in total. The van der Waals surface area contributed by atoms with Gasteiger partial charge in [-0.3, -0.25) is 14.4 Å². The van der Waals surface area contributed by atoms with Gasteiger partial charge in [0, 0.05) is 19.8 Å². The Morgan fingerprint density at radius 2 is 1.92 bits per heavy atom. The minimum absolute atomic E-state index is 0.0825. The normalized spacial score (nSPS) is 9.00. The lowest BCUT2D eigenvalue weighted by atomic mass is 10.2. The van der Waals surface area contributed by atoms with Crippen molar-refractivity contribution in [2.75, 3.05) is 0 Å². The highest BCUT2D eigenvalue weighted by Crippen LogP contribution is 1.99.